The van der Waals surface area contributed by atoms with Gasteiger partial charge in [0, 0.05) is 24.7 Å². The molecular formula is C12H18N2O4S. The van der Waals surface area contributed by atoms with Gasteiger partial charge in [0.05, 0.1) is 11.8 Å². The van der Waals surface area contributed by atoms with E-state index >= 15 is 0 Å². The zero-order chi connectivity index (χ0) is 13.9. The number of aromatic hydroxyl groups is 1. The number of benzene rings is 1. The summed E-state index contributed by atoms with van der Waals surface area (Å²) in [7, 11) is -3.20. The van der Waals surface area contributed by atoms with Crippen molar-refractivity contribution in [3.8, 4) is 11.5 Å². The lowest BCUT2D eigenvalue weighted by Crippen LogP contribution is -2.33. The Labute approximate surface area is 112 Å². The lowest BCUT2D eigenvalue weighted by atomic mass is 10.1. The minimum absolute atomic E-state index is 0.0325. The molecule has 1 heterocycles. The second-order valence-corrected chi connectivity index (χ2v) is 6.28. The molecular weight excluding hydrogens is 268 g/mol. The number of rotatable bonds is 6. The van der Waals surface area contributed by atoms with Crippen LogP contribution in [-0.4, -0.2) is 39.0 Å². The Kier molecular flexibility index (Phi) is 4.28. The van der Waals surface area contributed by atoms with Crippen LogP contribution in [0.15, 0.2) is 18.2 Å². The van der Waals surface area contributed by atoms with E-state index < -0.39 is 10.0 Å². The van der Waals surface area contributed by atoms with Crippen LogP contribution in [-0.2, 0) is 10.0 Å². The number of hydrogen-bond acceptors (Lipinski definition) is 5. The quantitative estimate of drug-likeness (QED) is 0.702. The number of phenols is 1. The first-order chi connectivity index (χ1) is 9.02. The summed E-state index contributed by atoms with van der Waals surface area (Å²) >= 11 is 0. The van der Waals surface area contributed by atoms with Crippen molar-refractivity contribution in [2.75, 3.05) is 25.4 Å². The molecule has 0 aromatic heterocycles. The van der Waals surface area contributed by atoms with E-state index in [1.54, 1.807) is 25.1 Å². The van der Waals surface area contributed by atoms with Gasteiger partial charge in [0.25, 0.3) is 0 Å². The largest absolute Gasteiger partial charge is 0.508 e. The SMILES string of the molecule is CCNS(=O)(=O)CCNC1COc2cc(O)ccc21. The topological polar surface area (TPSA) is 87.7 Å². The van der Waals surface area contributed by atoms with Crippen LogP contribution in [0.3, 0.4) is 0 Å². The molecule has 1 aromatic carbocycles. The van der Waals surface area contributed by atoms with Gasteiger partial charge in [-0.1, -0.05) is 6.92 Å². The summed E-state index contributed by atoms with van der Waals surface area (Å²) < 4.78 is 30.8. The molecule has 1 aliphatic heterocycles. The first-order valence-corrected chi connectivity index (χ1v) is 7.83. The highest BCUT2D eigenvalue weighted by molar-refractivity contribution is 7.89. The van der Waals surface area contributed by atoms with Crippen molar-refractivity contribution in [3.05, 3.63) is 23.8 Å². The second-order valence-electron chi connectivity index (χ2n) is 4.36. The molecule has 19 heavy (non-hydrogen) atoms. The summed E-state index contributed by atoms with van der Waals surface area (Å²) in [5.41, 5.74) is 0.943. The zero-order valence-electron chi connectivity index (χ0n) is 10.7. The van der Waals surface area contributed by atoms with Gasteiger partial charge in [-0.25, -0.2) is 13.1 Å². The molecule has 1 aliphatic rings. The molecule has 0 amide bonds. The molecule has 7 heteroatoms. The molecule has 0 spiro atoms. The van der Waals surface area contributed by atoms with Gasteiger partial charge in [0.15, 0.2) is 0 Å². The van der Waals surface area contributed by atoms with Gasteiger partial charge < -0.3 is 15.2 Å². The summed E-state index contributed by atoms with van der Waals surface area (Å²) in [6, 6.07) is 4.91. The molecule has 0 aliphatic carbocycles. The third-order valence-corrected chi connectivity index (χ3v) is 4.37. The Morgan fingerprint density at radius 3 is 3.00 bits per heavy atom. The lowest BCUT2D eigenvalue weighted by molar-refractivity contribution is 0.312. The summed E-state index contributed by atoms with van der Waals surface area (Å²) in [6.07, 6.45) is 0. The number of sulfonamides is 1. The van der Waals surface area contributed by atoms with E-state index in [1.807, 2.05) is 0 Å². The van der Waals surface area contributed by atoms with Gasteiger partial charge in [-0.2, -0.15) is 0 Å². The summed E-state index contributed by atoms with van der Waals surface area (Å²) in [4.78, 5) is 0. The summed E-state index contributed by atoms with van der Waals surface area (Å²) in [6.45, 7) is 2.94. The van der Waals surface area contributed by atoms with Crippen molar-refractivity contribution in [1.82, 2.24) is 10.0 Å². The standard InChI is InChI=1S/C12H18N2O4S/c1-2-14-19(16,17)6-5-13-11-8-18-12-7-9(15)3-4-10(11)12/h3-4,7,11,13-15H,2,5-6,8H2,1H3. The monoisotopic (exact) mass is 286 g/mol. The molecule has 1 atom stereocenters. The third-order valence-electron chi connectivity index (χ3n) is 2.90. The van der Waals surface area contributed by atoms with Gasteiger partial charge in [-0.05, 0) is 12.1 Å². The molecule has 1 unspecified atom stereocenters. The van der Waals surface area contributed by atoms with Crippen LogP contribution in [0.5, 0.6) is 11.5 Å². The van der Waals surface area contributed by atoms with E-state index in [-0.39, 0.29) is 17.5 Å². The van der Waals surface area contributed by atoms with Crippen LogP contribution in [0.25, 0.3) is 0 Å². The summed E-state index contributed by atoms with van der Waals surface area (Å²) in [5, 5.41) is 12.5. The highest BCUT2D eigenvalue weighted by atomic mass is 32.2. The molecule has 106 valence electrons. The van der Waals surface area contributed by atoms with Crippen molar-refractivity contribution in [1.29, 1.82) is 0 Å². The molecule has 0 saturated heterocycles. The summed E-state index contributed by atoms with van der Waals surface area (Å²) in [5.74, 6) is 0.839. The van der Waals surface area contributed by atoms with Crippen molar-refractivity contribution in [3.63, 3.8) is 0 Å². The van der Waals surface area contributed by atoms with Crippen molar-refractivity contribution < 1.29 is 18.3 Å². The maximum absolute atomic E-state index is 11.5. The zero-order valence-corrected chi connectivity index (χ0v) is 11.5. The second kappa shape index (κ2) is 5.77. The maximum atomic E-state index is 11.5. The van der Waals surface area contributed by atoms with Gasteiger partial charge in [-0.3, -0.25) is 0 Å². The third kappa shape index (κ3) is 3.59. The Morgan fingerprint density at radius 1 is 1.47 bits per heavy atom. The van der Waals surface area contributed by atoms with Crippen molar-refractivity contribution in [2.45, 2.75) is 13.0 Å². The maximum Gasteiger partial charge on any atom is 0.212 e. The van der Waals surface area contributed by atoms with Crippen LogP contribution in [0.4, 0.5) is 0 Å². The molecule has 6 nitrogen and oxygen atoms in total. The van der Waals surface area contributed by atoms with Crippen LogP contribution in [0, 0.1) is 0 Å². The van der Waals surface area contributed by atoms with E-state index in [2.05, 4.69) is 10.0 Å². The van der Waals surface area contributed by atoms with E-state index in [0.717, 1.165) is 5.56 Å². The predicted octanol–water partition coefficient (Wildman–Crippen LogP) is 0.355. The Hall–Kier alpha value is -1.31. The van der Waals surface area contributed by atoms with E-state index in [9.17, 15) is 13.5 Å². The molecule has 0 saturated carbocycles. The first kappa shape index (κ1) is 14.1. The minimum Gasteiger partial charge on any atom is -0.508 e. The minimum atomic E-state index is -3.20. The van der Waals surface area contributed by atoms with E-state index in [0.29, 0.717) is 25.4 Å². The Morgan fingerprint density at radius 2 is 2.26 bits per heavy atom. The Balaban J connectivity index is 1.90. The molecule has 1 aromatic rings. The number of nitrogens with one attached hydrogen (secondary N) is 2. The average Bonchev–Trinajstić information content (AvgIpc) is 2.71. The van der Waals surface area contributed by atoms with Crippen LogP contribution in [0.1, 0.15) is 18.5 Å². The van der Waals surface area contributed by atoms with Crippen molar-refractivity contribution in [2.24, 2.45) is 0 Å². The number of ether oxygens (including phenoxy) is 1. The fourth-order valence-electron chi connectivity index (χ4n) is 2.03. The van der Waals surface area contributed by atoms with Crippen LogP contribution in [0.2, 0.25) is 0 Å². The smallest absolute Gasteiger partial charge is 0.212 e. The predicted molar refractivity (Wildman–Crippen MR) is 71.8 cm³/mol. The van der Waals surface area contributed by atoms with Gasteiger partial charge in [0.2, 0.25) is 10.0 Å². The van der Waals surface area contributed by atoms with Gasteiger partial charge in [-0.15, -0.1) is 0 Å². The van der Waals surface area contributed by atoms with Gasteiger partial charge >= 0.3 is 0 Å². The highest BCUT2D eigenvalue weighted by Gasteiger charge is 2.24. The fraction of sp³-hybridized carbons (Fsp3) is 0.500. The molecule has 2 rings (SSSR count). The first-order valence-electron chi connectivity index (χ1n) is 6.18. The normalized spacial score (nSPS) is 18.1. The Bertz CT molecular complexity index is 545. The molecule has 3 N–H and O–H groups in total. The van der Waals surface area contributed by atoms with Crippen molar-refractivity contribution >= 4 is 10.0 Å². The van der Waals surface area contributed by atoms with Gasteiger partial charge in [0.1, 0.15) is 18.1 Å². The molecule has 0 radical (unpaired) electrons. The van der Waals surface area contributed by atoms with Crippen LogP contribution >= 0.6 is 0 Å². The van der Waals surface area contributed by atoms with E-state index in [1.165, 1.54) is 0 Å². The average molecular weight is 286 g/mol. The fourth-order valence-corrected chi connectivity index (χ4v) is 3.00. The molecule has 0 bridgehead atoms. The lowest BCUT2D eigenvalue weighted by Gasteiger charge is -2.11. The number of hydrogen-bond donors (Lipinski definition) is 3. The highest BCUT2D eigenvalue weighted by Crippen LogP contribution is 2.34. The van der Waals surface area contributed by atoms with E-state index in [4.69, 9.17) is 4.74 Å². The van der Waals surface area contributed by atoms with Crippen LogP contribution < -0.4 is 14.8 Å². The number of phenolic OH excluding ortho intramolecular Hbond substituents is 1. The number of fused-ring (bicyclic) bond motifs is 1. The molecule has 0 fully saturated rings.